The van der Waals surface area contributed by atoms with E-state index >= 15 is 0 Å². The van der Waals surface area contributed by atoms with E-state index in [1.807, 2.05) is 6.92 Å². The maximum Gasteiger partial charge on any atom is 0.227 e. The maximum atomic E-state index is 11.2. The third-order valence-electron chi connectivity index (χ3n) is 2.27. The number of carbonyl (C=O) groups is 1. The smallest absolute Gasteiger partial charge is 0.227 e. The standard InChI is InChI=1S/C9H15NO/c1-4-7-5-8(6(2)3)9(11)10-7/h7-8H,2,4-5H2,1,3H3,(H,10,11). The molecule has 0 radical (unpaired) electrons. The van der Waals surface area contributed by atoms with Gasteiger partial charge in [0.05, 0.1) is 5.92 Å². The Labute approximate surface area is 67.7 Å². The highest BCUT2D eigenvalue weighted by atomic mass is 16.2. The van der Waals surface area contributed by atoms with Gasteiger partial charge in [0.25, 0.3) is 0 Å². The summed E-state index contributed by atoms with van der Waals surface area (Å²) < 4.78 is 0. The normalized spacial score (nSPS) is 30.2. The number of carbonyl (C=O) groups excluding carboxylic acids is 1. The summed E-state index contributed by atoms with van der Waals surface area (Å²) in [5.41, 5.74) is 0.985. The zero-order valence-electron chi connectivity index (χ0n) is 7.18. The van der Waals surface area contributed by atoms with Crippen LogP contribution in [0.1, 0.15) is 26.7 Å². The van der Waals surface area contributed by atoms with Crippen molar-refractivity contribution < 1.29 is 4.79 Å². The van der Waals surface area contributed by atoms with Gasteiger partial charge in [0.1, 0.15) is 0 Å². The van der Waals surface area contributed by atoms with Gasteiger partial charge in [-0.25, -0.2) is 0 Å². The fourth-order valence-corrected chi connectivity index (χ4v) is 1.45. The second kappa shape index (κ2) is 3.07. The van der Waals surface area contributed by atoms with Gasteiger partial charge in [0.2, 0.25) is 5.91 Å². The lowest BCUT2D eigenvalue weighted by molar-refractivity contribution is -0.121. The summed E-state index contributed by atoms with van der Waals surface area (Å²) in [5.74, 6) is 0.226. The van der Waals surface area contributed by atoms with Crippen LogP contribution in [0.15, 0.2) is 12.2 Å². The summed E-state index contributed by atoms with van der Waals surface area (Å²) in [6, 6.07) is 0.379. The van der Waals surface area contributed by atoms with Crippen molar-refractivity contribution in [3.8, 4) is 0 Å². The van der Waals surface area contributed by atoms with Crippen LogP contribution >= 0.6 is 0 Å². The molecule has 1 N–H and O–H groups in total. The first-order valence-electron chi connectivity index (χ1n) is 4.11. The minimum atomic E-state index is 0.0694. The first-order valence-corrected chi connectivity index (χ1v) is 4.11. The van der Waals surface area contributed by atoms with E-state index in [-0.39, 0.29) is 11.8 Å². The lowest BCUT2D eigenvalue weighted by Crippen LogP contribution is -2.25. The van der Waals surface area contributed by atoms with Crippen molar-refractivity contribution in [3.05, 3.63) is 12.2 Å². The quantitative estimate of drug-likeness (QED) is 0.598. The lowest BCUT2D eigenvalue weighted by Gasteiger charge is -2.04. The lowest BCUT2D eigenvalue weighted by atomic mass is 9.97. The van der Waals surface area contributed by atoms with E-state index in [1.165, 1.54) is 0 Å². The van der Waals surface area contributed by atoms with Crippen LogP contribution in [0.25, 0.3) is 0 Å². The van der Waals surface area contributed by atoms with Crippen molar-refractivity contribution >= 4 is 5.91 Å². The summed E-state index contributed by atoms with van der Waals surface area (Å²) in [7, 11) is 0. The monoisotopic (exact) mass is 153 g/mol. The van der Waals surface area contributed by atoms with Crippen LogP contribution in [0.4, 0.5) is 0 Å². The molecule has 1 saturated heterocycles. The van der Waals surface area contributed by atoms with Crippen LogP contribution in [0.5, 0.6) is 0 Å². The van der Waals surface area contributed by atoms with Gasteiger partial charge in [-0.05, 0) is 19.8 Å². The number of nitrogens with one attached hydrogen (secondary N) is 1. The molecule has 62 valence electrons. The number of hydrogen-bond donors (Lipinski definition) is 1. The number of rotatable bonds is 2. The van der Waals surface area contributed by atoms with E-state index < -0.39 is 0 Å². The predicted molar refractivity (Wildman–Crippen MR) is 45.1 cm³/mol. The summed E-state index contributed by atoms with van der Waals surface area (Å²) in [6.07, 6.45) is 1.96. The van der Waals surface area contributed by atoms with Gasteiger partial charge in [0, 0.05) is 6.04 Å². The molecule has 1 aliphatic heterocycles. The molecule has 2 unspecified atom stereocenters. The Morgan fingerprint density at radius 2 is 2.45 bits per heavy atom. The molecule has 2 heteroatoms. The first-order chi connectivity index (χ1) is 5.15. The fourth-order valence-electron chi connectivity index (χ4n) is 1.45. The second-order valence-corrected chi connectivity index (χ2v) is 3.25. The Kier molecular flexibility index (Phi) is 2.32. The Bertz CT molecular complexity index is 186. The van der Waals surface area contributed by atoms with E-state index in [9.17, 15) is 4.79 Å². The number of amides is 1. The van der Waals surface area contributed by atoms with Crippen LogP contribution in [0.2, 0.25) is 0 Å². The number of hydrogen-bond acceptors (Lipinski definition) is 1. The van der Waals surface area contributed by atoms with Crippen LogP contribution in [0, 0.1) is 5.92 Å². The van der Waals surface area contributed by atoms with Gasteiger partial charge in [-0.3, -0.25) is 4.79 Å². The van der Waals surface area contributed by atoms with Gasteiger partial charge in [-0.1, -0.05) is 19.1 Å². The molecule has 0 aromatic rings. The van der Waals surface area contributed by atoms with E-state index in [0.29, 0.717) is 6.04 Å². The minimum absolute atomic E-state index is 0.0694. The molecule has 0 aromatic heterocycles. The van der Waals surface area contributed by atoms with Gasteiger partial charge >= 0.3 is 0 Å². The first kappa shape index (κ1) is 8.31. The molecule has 2 nitrogen and oxygen atoms in total. The molecule has 0 bridgehead atoms. The fraction of sp³-hybridized carbons (Fsp3) is 0.667. The molecule has 11 heavy (non-hydrogen) atoms. The van der Waals surface area contributed by atoms with Gasteiger partial charge in [0.15, 0.2) is 0 Å². The Balaban J connectivity index is 2.59. The molecular weight excluding hydrogens is 138 g/mol. The van der Waals surface area contributed by atoms with E-state index in [1.54, 1.807) is 0 Å². The molecule has 1 amide bonds. The highest BCUT2D eigenvalue weighted by molar-refractivity contribution is 5.83. The third-order valence-corrected chi connectivity index (χ3v) is 2.27. The molecule has 1 fully saturated rings. The Morgan fingerprint density at radius 1 is 1.82 bits per heavy atom. The van der Waals surface area contributed by atoms with Crippen LogP contribution in [-0.2, 0) is 4.79 Å². The van der Waals surface area contributed by atoms with Crippen molar-refractivity contribution in [2.75, 3.05) is 0 Å². The Hall–Kier alpha value is -0.790. The molecule has 1 aliphatic rings. The van der Waals surface area contributed by atoms with Crippen molar-refractivity contribution in [2.45, 2.75) is 32.7 Å². The van der Waals surface area contributed by atoms with Crippen LogP contribution < -0.4 is 5.32 Å². The average Bonchev–Trinajstić information content (AvgIpc) is 2.30. The highest BCUT2D eigenvalue weighted by Gasteiger charge is 2.30. The zero-order chi connectivity index (χ0) is 8.43. The van der Waals surface area contributed by atoms with Gasteiger partial charge in [-0.15, -0.1) is 0 Å². The molecule has 1 heterocycles. The van der Waals surface area contributed by atoms with Crippen molar-refractivity contribution in [1.29, 1.82) is 0 Å². The van der Waals surface area contributed by atoms with Gasteiger partial charge in [-0.2, -0.15) is 0 Å². The molecule has 0 saturated carbocycles. The molecule has 2 atom stereocenters. The van der Waals surface area contributed by atoms with E-state index in [4.69, 9.17) is 0 Å². The van der Waals surface area contributed by atoms with Crippen LogP contribution in [-0.4, -0.2) is 11.9 Å². The summed E-state index contributed by atoms with van der Waals surface area (Å²) in [4.78, 5) is 11.2. The van der Waals surface area contributed by atoms with E-state index in [0.717, 1.165) is 18.4 Å². The molecule has 0 spiro atoms. The Morgan fingerprint density at radius 3 is 2.73 bits per heavy atom. The topological polar surface area (TPSA) is 29.1 Å². The third kappa shape index (κ3) is 1.62. The molecular formula is C9H15NO. The van der Waals surface area contributed by atoms with Crippen molar-refractivity contribution in [3.63, 3.8) is 0 Å². The molecule has 1 rings (SSSR count). The van der Waals surface area contributed by atoms with Crippen LogP contribution in [0.3, 0.4) is 0 Å². The largest absolute Gasteiger partial charge is 0.353 e. The minimum Gasteiger partial charge on any atom is -0.353 e. The van der Waals surface area contributed by atoms with Crippen molar-refractivity contribution in [1.82, 2.24) is 5.32 Å². The molecule has 0 aromatic carbocycles. The average molecular weight is 153 g/mol. The highest BCUT2D eigenvalue weighted by Crippen LogP contribution is 2.22. The summed E-state index contributed by atoms with van der Waals surface area (Å²) in [6.45, 7) is 7.80. The summed E-state index contributed by atoms with van der Waals surface area (Å²) >= 11 is 0. The molecule has 0 aliphatic carbocycles. The SMILES string of the molecule is C=C(C)C1CC(CC)NC1=O. The summed E-state index contributed by atoms with van der Waals surface area (Å²) in [5, 5.41) is 2.94. The van der Waals surface area contributed by atoms with E-state index in [2.05, 4.69) is 18.8 Å². The van der Waals surface area contributed by atoms with Crippen molar-refractivity contribution in [2.24, 2.45) is 5.92 Å². The predicted octanol–water partition coefficient (Wildman–Crippen LogP) is 1.48. The second-order valence-electron chi connectivity index (χ2n) is 3.25. The zero-order valence-corrected chi connectivity index (χ0v) is 7.18. The maximum absolute atomic E-state index is 11.2. The van der Waals surface area contributed by atoms with Gasteiger partial charge < -0.3 is 5.32 Å².